The number of hydrogen-bond donors (Lipinski definition) is 1. The number of alkyl halides is 2. The van der Waals surface area contributed by atoms with Gasteiger partial charge in [-0.25, -0.2) is 9.37 Å². The summed E-state index contributed by atoms with van der Waals surface area (Å²) >= 11 is 0. The normalized spacial score (nSPS) is 11.1. The maximum Gasteiger partial charge on any atom is 0.387 e. The number of aromatic nitrogens is 2. The van der Waals surface area contributed by atoms with Gasteiger partial charge in [-0.1, -0.05) is 18.2 Å². The molecule has 3 aromatic rings. The van der Waals surface area contributed by atoms with Crippen LogP contribution in [0.5, 0.6) is 5.75 Å². The van der Waals surface area contributed by atoms with Crippen molar-refractivity contribution in [2.45, 2.75) is 6.61 Å². The van der Waals surface area contributed by atoms with Crippen molar-refractivity contribution in [2.24, 2.45) is 0 Å². The predicted molar refractivity (Wildman–Crippen MR) is 74.4 cm³/mol. The number of H-pyrrole nitrogens is 1. The molecule has 0 spiro atoms. The molecule has 0 radical (unpaired) electrons. The first-order valence-electron chi connectivity index (χ1n) is 6.29. The Labute approximate surface area is 122 Å². The summed E-state index contributed by atoms with van der Waals surface area (Å²) in [6.45, 7) is -3.15. The molecular weight excluding hydrogens is 297 g/mol. The maximum absolute atomic E-state index is 14.2. The number of hydrogen-bond acceptors (Lipinski definition) is 3. The summed E-state index contributed by atoms with van der Waals surface area (Å²) in [5.74, 6) is -1.68. The maximum atomic E-state index is 14.2. The Morgan fingerprint density at radius 1 is 1.09 bits per heavy atom. The number of halogens is 3. The summed E-state index contributed by atoms with van der Waals surface area (Å²) in [7, 11) is 0. The molecule has 0 atom stereocenters. The average Bonchev–Trinajstić information content (AvgIpc) is 2.49. The Morgan fingerprint density at radius 2 is 1.86 bits per heavy atom. The Morgan fingerprint density at radius 3 is 2.64 bits per heavy atom. The third-order valence-electron chi connectivity index (χ3n) is 3.05. The van der Waals surface area contributed by atoms with E-state index >= 15 is 0 Å². The van der Waals surface area contributed by atoms with Crippen LogP contribution in [-0.2, 0) is 0 Å². The van der Waals surface area contributed by atoms with Crippen LogP contribution in [0.4, 0.5) is 13.2 Å². The molecule has 1 heterocycles. The van der Waals surface area contributed by atoms with E-state index in [2.05, 4.69) is 14.7 Å². The summed E-state index contributed by atoms with van der Waals surface area (Å²) < 4.78 is 42.8. The monoisotopic (exact) mass is 306 g/mol. The lowest BCUT2D eigenvalue weighted by Gasteiger charge is -2.09. The minimum Gasteiger partial charge on any atom is -0.432 e. The molecule has 0 aliphatic rings. The quantitative estimate of drug-likeness (QED) is 0.807. The summed E-state index contributed by atoms with van der Waals surface area (Å²) in [5, 5.41) is 0.353. The van der Waals surface area contributed by atoms with E-state index < -0.39 is 23.7 Å². The van der Waals surface area contributed by atoms with Gasteiger partial charge in [0.1, 0.15) is 5.82 Å². The zero-order chi connectivity index (χ0) is 15.7. The van der Waals surface area contributed by atoms with Crippen molar-refractivity contribution in [2.75, 3.05) is 0 Å². The van der Waals surface area contributed by atoms with Gasteiger partial charge in [-0.2, -0.15) is 8.78 Å². The lowest BCUT2D eigenvalue weighted by atomic mass is 10.1. The van der Waals surface area contributed by atoms with E-state index in [0.29, 0.717) is 10.9 Å². The molecule has 2 aromatic carbocycles. The molecule has 4 nitrogen and oxygen atoms in total. The SMILES string of the molecule is O=c1[nH]c(-c2cccc(OC(F)F)c2F)nc2ccccc12. The Hall–Kier alpha value is -2.83. The topological polar surface area (TPSA) is 55.0 Å². The van der Waals surface area contributed by atoms with Crippen LogP contribution in [0.25, 0.3) is 22.3 Å². The number of nitrogens with one attached hydrogen (secondary N) is 1. The van der Waals surface area contributed by atoms with Gasteiger partial charge in [-0.05, 0) is 24.3 Å². The van der Waals surface area contributed by atoms with Crippen molar-refractivity contribution >= 4 is 10.9 Å². The van der Waals surface area contributed by atoms with Crippen molar-refractivity contribution in [3.63, 3.8) is 0 Å². The second-order valence-corrected chi connectivity index (χ2v) is 4.43. The van der Waals surface area contributed by atoms with Crippen LogP contribution < -0.4 is 10.3 Å². The molecule has 112 valence electrons. The summed E-state index contributed by atoms with van der Waals surface area (Å²) in [5.41, 5.74) is -0.193. The van der Waals surface area contributed by atoms with Crippen LogP contribution in [0.15, 0.2) is 47.3 Å². The smallest absolute Gasteiger partial charge is 0.387 e. The average molecular weight is 306 g/mol. The fourth-order valence-corrected chi connectivity index (χ4v) is 2.09. The van der Waals surface area contributed by atoms with Gasteiger partial charge in [0.25, 0.3) is 5.56 Å². The lowest BCUT2D eigenvalue weighted by molar-refractivity contribution is -0.0521. The van der Waals surface area contributed by atoms with Crippen LogP contribution in [0.1, 0.15) is 0 Å². The van der Waals surface area contributed by atoms with Gasteiger partial charge < -0.3 is 9.72 Å². The van der Waals surface area contributed by atoms with Crippen LogP contribution in [0, 0.1) is 5.82 Å². The molecule has 3 rings (SSSR count). The van der Waals surface area contributed by atoms with E-state index in [-0.39, 0.29) is 11.4 Å². The van der Waals surface area contributed by atoms with Crippen LogP contribution >= 0.6 is 0 Å². The number of para-hydroxylation sites is 1. The fourth-order valence-electron chi connectivity index (χ4n) is 2.09. The zero-order valence-corrected chi connectivity index (χ0v) is 11.0. The molecule has 0 saturated heterocycles. The second-order valence-electron chi connectivity index (χ2n) is 4.43. The van der Waals surface area contributed by atoms with Crippen LogP contribution in [0.2, 0.25) is 0 Å². The predicted octanol–water partition coefficient (Wildman–Crippen LogP) is 3.33. The molecule has 0 aliphatic carbocycles. The third-order valence-corrected chi connectivity index (χ3v) is 3.05. The molecule has 0 aliphatic heterocycles. The third kappa shape index (κ3) is 2.52. The van der Waals surface area contributed by atoms with Crippen molar-refractivity contribution in [1.29, 1.82) is 0 Å². The highest BCUT2D eigenvalue weighted by Gasteiger charge is 2.16. The van der Waals surface area contributed by atoms with Crippen molar-refractivity contribution in [1.82, 2.24) is 9.97 Å². The zero-order valence-electron chi connectivity index (χ0n) is 11.0. The van der Waals surface area contributed by atoms with Crippen molar-refractivity contribution < 1.29 is 17.9 Å². The molecule has 0 fully saturated rings. The molecule has 0 bridgehead atoms. The summed E-state index contributed by atoms with van der Waals surface area (Å²) in [4.78, 5) is 18.6. The first kappa shape index (κ1) is 14.1. The Balaban J connectivity index is 2.17. The molecule has 0 unspecified atom stereocenters. The van der Waals surface area contributed by atoms with Gasteiger partial charge in [0, 0.05) is 0 Å². The second kappa shape index (κ2) is 5.51. The van der Waals surface area contributed by atoms with E-state index in [1.807, 2.05) is 0 Å². The number of rotatable bonds is 3. The van der Waals surface area contributed by atoms with Gasteiger partial charge in [-0.3, -0.25) is 4.79 Å². The van der Waals surface area contributed by atoms with Gasteiger partial charge in [0.2, 0.25) is 0 Å². The van der Waals surface area contributed by atoms with E-state index in [0.717, 1.165) is 6.07 Å². The molecule has 0 saturated carbocycles. The summed E-state index contributed by atoms with van der Waals surface area (Å²) in [6, 6.07) is 10.3. The van der Waals surface area contributed by atoms with E-state index in [1.165, 1.54) is 12.1 Å². The van der Waals surface area contributed by atoms with Crippen molar-refractivity contribution in [3.8, 4) is 17.1 Å². The highest BCUT2D eigenvalue weighted by atomic mass is 19.3. The van der Waals surface area contributed by atoms with E-state index in [4.69, 9.17) is 0 Å². The Bertz CT molecular complexity index is 893. The van der Waals surface area contributed by atoms with Gasteiger partial charge in [0.15, 0.2) is 11.6 Å². The standard InChI is InChI=1S/C15H9F3N2O2/c16-12-9(5-3-7-11(12)22-15(17)18)13-19-10-6-2-1-4-8(10)14(21)20-13/h1-7,15H,(H,19,20,21). The first-order chi connectivity index (χ1) is 10.6. The molecule has 1 N–H and O–H groups in total. The van der Waals surface area contributed by atoms with E-state index in [1.54, 1.807) is 24.3 Å². The van der Waals surface area contributed by atoms with Crippen LogP contribution in [0.3, 0.4) is 0 Å². The van der Waals surface area contributed by atoms with Gasteiger partial charge >= 0.3 is 6.61 Å². The Kier molecular flexibility index (Phi) is 3.54. The number of aromatic amines is 1. The highest BCUT2D eigenvalue weighted by molar-refractivity contribution is 5.79. The van der Waals surface area contributed by atoms with E-state index in [9.17, 15) is 18.0 Å². The number of benzene rings is 2. The molecule has 1 aromatic heterocycles. The molecule has 0 amide bonds. The minimum absolute atomic E-state index is 0.0547. The lowest BCUT2D eigenvalue weighted by Crippen LogP contribution is -2.10. The number of ether oxygens (including phenoxy) is 1. The van der Waals surface area contributed by atoms with Gasteiger partial charge in [-0.15, -0.1) is 0 Å². The largest absolute Gasteiger partial charge is 0.432 e. The number of nitrogens with zero attached hydrogens (tertiary/aromatic N) is 1. The molecule has 7 heteroatoms. The highest BCUT2D eigenvalue weighted by Crippen LogP contribution is 2.28. The summed E-state index contributed by atoms with van der Waals surface area (Å²) in [6.07, 6.45) is 0. The molecule has 22 heavy (non-hydrogen) atoms. The van der Waals surface area contributed by atoms with Gasteiger partial charge in [0.05, 0.1) is 16.5 Å². The minimum atomic E-state index is -3.15. The van der Waals surface area contributed by atoms with Crippen molar-refractivity contribution in [3.05, 3.63) is 58.6 Å². The molecular formula is C15H9F3N2O2. The fraction of sp³-hybridized carbons (Fsp3) is 0.0667. The number of fused-ring (bicyclic) bond motifs is 1. The first-order valence-corrected chi connectivity index (χ1v) is 6.29. The van der Waals surface area contributed by atoms with Crippen LogP contribution in [-0.4, -0.2) is 16.6 Å².